The van der Waals surface area contributed by atoms with Crippen LogP contribution in [0, 0.1) is 5.82 Å². The number of rotatable bonds is 2. The lowest BCUT2D eigenvalue weighted by Crippen LogP contribution is -2.44. The summed E-state index contributed by atoms with van der Waals surface area (Å²) in [5.74, 6) is -1.28. The van der Waals surface area contributed by atoms with Crippen LogP contribution >= 0.6 is 11.6 Å². The molecule has 0 aliphatic carbocycles. The van der Waals surface area contributed by atoms with Crippen LogP contribution in [-0.2, 0) is 16.0 Å². The fourth-order valence-corrected chi connectivity index (χ4v) is 2.95. The molecule has 23 heavy (non-hydrogen) atoms. The molecule has 1 aliphatic rings. The highest BCUT2D eigenvalue weighted by Crippen LogP contribution is 2.32. The van der Waals surface area contributed by atoms with E-state index in [-0.39, 0.29) is 16.6 Å². The van der Waals surface area contributed by atoms with E-state index >= 15 is 0 Å². The first kappa shape index (κ1) is 15.5. The first-order valence-corrected chi connectivity index (χ1v) is 7.49. The van der Waals surface area contributed by atoms with Crippen LogP contribution in [0.15, 0.2) is 42.5 Å². The van der Waals surface area contributed by atoms with Gasteiger partial charge in [0.1, 0.15) is 11.9 Å². The molecular weight excluding hydrogens is 319 g/mol. The number of hydrogen-bond donors (Lipinski definition) is 1. The van der Waals surface area contributed by atoms with Gasteiger partial charge in [-0.05, 0) is 29.8 Å². The van der Waals surface area contributed by atoms with E-state index in [0.29, 0.717) is 6.42 Å². The van der Waals surface area contributed by atoms with Crippen molar-refractivity contribution in [3.63, 3.8) is 0 Å². The minimum Gasteiger partial charge on any atom is -0.322 e. The minimum atomic E-state index is -0.694. The molecule has 2 aromatic rings. The highest BCUT2D eigenvalue weighted by molar-refractivity contribution is 6.30. The molecule has 6 heteroatoms. The second-order valence-electron chi connectivity index (χ2n) is 5.35. The summed E-state index contributed by atoms with van der Waals surface area (Å²) in [6.07, 6.45) is 0.400. The summed E-state index contributed by atoms with van der Waals surface area (Å²) in [6, 6.07) is 10.7. The van der Waals surface area contributed by atoms with E-state index in [9.17, 15) is 14.0 Å². The molecule has 0 bridgehead atoms. The maximum Gasteiger partial charge on any atom is 0.247 e. The van der Waals surface area contributed by atoms with Crippen LogP contribution in [-0.4, -0.2) is 17.9 Å². The normalized spacial score (nSPS) is 16.1. The second kappa shape index (κ2) is 6.01. The van der Waals surface area contributed by atoms with Crippen molar-refractivity contribution in [2.75, 3.05) is 10.2 Å². The fourth-order valence-electron chi connectivity index (χ4n) is 2.79. The van der Waals surface area contributed by atoms with Crippen molar-refractivity contribution >= 4 is 34.8 Å². The minimum absolute atomic E-state index is 0.0406. The van der Waals surface area contributed by atoms with Gasteiger partial charge in [0.25, 0.3) is 0 Å². The number of benzene rings is 2. The van der Waals surface area contributed by atoms with Crippen molar-refractivity contribution in [3.05, 3.63) is 58.9 Å². The first-order valence-electron chi connectivity index (χ1n) is 7.11. The van der Waals surface area contributed by atoms with Crippen molar-refractivity contribution < 1.29 is 14.0 Å². The third-order valence-corrected chi connectivity index (χ3v) is 4.04. The number of carbonyl (C=O) groups is 2. The molecule has 0 spiro atoms. The van der Waals surface area contributed by atoms with Gasteiger partial charge in [0, 0.05) is 24.1 Å². The van der Waals surface area contributed by atoms with Gasteiger partial charge in [-0.1, -0.05) is 29.8 Å². The number of amides is 2. The molecule has 0 unspecified atom stereocenters. The van der Waals surface area contributed by atoms with Gasteiger partial charge in [0.15, 0.2) is 0 Å². The number of nitrogens with zero attached hydrogens (tertiary/aromatic N) is 1. The highest BCUT2D eigenvalue weighted by Gasteiger charge is 2.36. The standard InChI is InChI=1S/C17H14ClFN2O2/c1-10(22)21-15-5-3-2-4-11(15)8-16(21)17(23)20-14-7-6-12(18)9-13(14)19/h2-7,9,16H,8H2,1H3,(H,20,23)/t16-/m0/s1. The molecule has 0 aromatic heterocycles. The number of fused-ring (bicyclic) bond motifs is 1. The van der Waals surface area contributed by atoms with Gasteiger partial charge in [-0.2, -0.15) is 0 Å². The molecule has 0 saturated carbocycles. The first-order chi connectivity index (χ1) is 11.0. The number of nitrogens with one attached hydrogen (secondary N) is 1. The number of halogens is 2. The van der Waals surface area contributed by atoms with E-state index < -0.39 is 17.8 Å². The van der Waals surface area contributed by atoms with Gasteiger partial charge in [0.2, 0.25) is 11.8 Å². The lowest BCUT2D eigenvalue weighted by atomic mass is 10.1. The summed E-state index contributed by atoms with van der Waals surface area (Å²) < 4.78 is 13.8. The Morgan fingerprint density at radius 3 is 2.70 bits per heavy atom. The van der Waals surface area contributed by atoms with Crippen molar-refractivity contribution in [2.24, 2.45) is 0 Å². The Hall–Kier alpha value is -2.40. The zero-order valence-corrected chi connectivity index (χ0v) is 13.1. The molecule has 3 rings (SSSR count). The molecule has 1 N–H and O–H groups in total. The summed E-state index contributed by atoms with van der Waals surface area (Å²) in [5, 5.41) is 2.78. The van der Waals surface area contributed by atoms with Crippen LogP contribution in [0.2, 0.25) is 5.02 Å². The lowest BCUT2D eigenvalue weighted by Gasteiger charge is -2.23. The van der Waals surface area contributed by atoms with Gasteiger partial charge in [0.05, 0.1) is 5.69 Å². The number of hydrogen-bond acceptors (Lipinski definition) is 2. The molecule has 4 nitrogen and oxygen atoms in total. The Labute approximate surface area is 137 Å². The van der Waals surface area contributed by atoms with E-state index in [0.717, 1.165) is 17.3 Å². The predicted molar refractivity (Wildman–Crippen MR) is 87.1 cm³/mol. The largest absolute Gasteiger partial charge is 0.322 e. The van der Waals surface area contributed by atoms with E-state index in [1.54, 1.807) is 6.07 Å². The average molecular weight is 333 g/mol. The van der Waals surface area contributed by atoms with Gasteiger partial charge >= 0.3 is 0 Å². The van der Waals surface area contributed by atoms with Gasteiger partial charge < -0.3 is 5.32 Å². The molecule has 1 heterocycles. The third-order valence-electron chi connectivity index (χ3n) is 3.81. The van der Waals surface area contributed by atoms with E-state index in [1.165, 1.54) is 24.0 Å². The maximum absolute atomic E-state index is 13.8. The highest BCUT2D eigenvalue weighted by atomic mass is 35.5. The van der Waals surface area contributed by atoms with E-state index in [2.05, 4.69) is 5.32 Å². The van der Waals surface area contributed by atoms with Crippen LogP contribution in [0.1, 0.15) is 12.5 Å². The van der Waals surface area contributed by atoms with Crippen LogP contribution in [0.4, 0.5) is 15.8 Å². The smallest absolute Gasteiger partial charge is 0.247 e. The quantitative estimate of drug-likeness (QED) is 0.916. The molecule has 1 atom stereocenters. The molecule has 0 fully saturated rings. The SMILES string of the molecule is CC(=O)N1c2ccccc2C[C@H]1C(=O)Nc1ccc(Cl)cc1F. The molecule has 0 saturated heterocycles. The monoisotopic (exact) mass is 332 g/mol. The van der Waals surface area contributed by atoms with Crippen molar-refractivity contribution in [3.8, 4) is 0 Å². The van der Waals surface area contributed by atoms with Gasteiger partial charge in [-0.3, -0.25) is 14.5 Å². The fraction of sp³-hybridized carbons (Fsp3) is 0.176. The zero-order chi connectivity index (χ0) is 16.6. The molecule has 1 aliphatic heterocycles. The molecule has 2 amide bonds. The topological polar surface area (TPSA) is 49.4 Å². The Morgan fingerprint density at radius 1 is 1.26 bits per heavy atom. The summed E-state index contributed by atoms with van der Waals surface area (Å²) in [5.41, 5.74) is 1.68. The van der Waals surface area contributed by atoms with Crippen molar-refractivity contribution in [2.45, 2.75) is 19.4 Å². The molecule has 118 valence electrons. The average Bonchev–Trinajstić information content (AvgIpc) is 2.89. The Morgan fingerprint density at radius 2 is 2.00 bits per heavy atom. The van der Waals surface area contributed by atoms with Crippen LogP contribution in [0.5, 0.6) is 0 Å². The lowest BCUT2D eigenvalue weighted by molar-refractivity contribution is -0.122. The molecular formula is C17H14ClFN2O2. The van der Waals surface area contributed by atoms with Crippen LogP contribution in [0.3, 0.4) is 0 Å². The maximum atomic E-state index is 13.8. The zero-order valence-electron chi connectivity index (χ0n) is 12.3. The number of carbonyl (C=O) groups excluding carboxylic acids is 2. The van der Waals surface area contributed by atoms with Crippen LogP contribution < -0.4 is 10.2 Å². The third kappa shape index (κ3) is 2.92. The van der Waals surface area contributed by atoms with Crippen molar-refractivity contribution in [1.29, 1.82) is 0 Å². The summed E-state index contributed by atoms with van der Waals surface area (Å²) in [4.78, 5) is 25.9. The Balaban J connectivity index is 1.86. The number of anilines is 2. The van der Waals surface area contributed by atoms with E-state index in [4.69, 9.17) is 11.6 Å². The van der Waals surface area contributed by atoms with Crippen LogP contribution in [0.25, 0.3) is 0 Å². The van der Waals surface area contributed by atoms with Gasteiger partial charge in [-0.15, -0.1) is 0 Å². The van der Waals surface area contributed by atoms with Crippen molar-refractivity contribution in [1.82, 2.24) is 0 Å². The Bertz CT molecular complexity index is 794. The summed E-state index contributed by atoms with van der Waals surface area (Å²) >= 11 is 5.70. The van der Waals surface area contributed by atoms with E-state index in [1.807, 2.05) is 18.2 Å². The summed E-state index contributed by atoms with van der Waals surface area (Å²) in [7, 11) is 0. The Kier molecular flexibility index (Phi) is 4.05. The molecule has 0 radical (unpaired) electrons. The second-order valence-corrected chi connectivity index (χ2v) is 5.79. The number of para-hydroxylation sites is 1. The predicted octanol–water partition coefficient (Wildman–Crippen LogP) is 3.40. The summed E-state index contributed by atoms with van der Waals surface area (Å²) in [6.45, 7) is 1.41. The van der Waals surface area contributed by atoms with Gasteiger partial charge in [-0.25, -0.2) is 4.39 Å². The molecule has 2 aromatic carbocycles.